The van der Waals surface area contributed by atoms with Crippen LogP contribution in [0.25, 0.3) is 0 Å². The van der Waals surface area contributed by atoms with Crippen LogP contribution in [0.1, 0.15) is 0 Å². The third kappa shape index (κ3) is 3.87. The van der Waals surface area contributed by atoms with Gasteiger partial charge in [-0.15, -0.1) is 0 Å². The molecule has 0 aromatic rings. The summed E-state index contributed by atoms with van der Waals surface area (Å²) in [7, 11) is -3.53. The molecule has 7 heteroatoms. The summed E-state index contributed by atoms with van der Waals surface area (Å²) in [6, 6.07) is 0. The van der Waals surface area contributed by atoms with Crippen molar-refractivity contribution >= 4 is 16.6 Å². The molecule has 2 aliphatic heterocycles. The third-order valence-corrected chi connectivity index (χ3v) is 4.98. The second kappa shape index (κ2) is 5.21. The molecule has 2 rings (SSSR count). The number of rotatable bonds is 4. The first-order chi connectivity index (χ1) is 8.57. The van der Waals surface area contributed by atoms with E-state index in [2.05, 4.69) is 39.3 Å². The average Bonchev–Trinajstić information content (AvgIpc) is 2.63. The van der Waals surface area contributed by atoms with Gasteiger partial charge in [-0.05, 0) is 39.3 Å². The quantitative estimate of drug-likeness (QED) is 0.799. The molecule has 2 fully saturated rings. The molecule has 1 N–H and O–H groups in total. The van der Waals surface area contributed by atoms with Crippen molar-refractivity contribution in [1.29, 1.82) is 0 Å². The topological polar surface area (TPSA) is 57.2 Å². The highest BCUT2D eigenvalue weighted by Crippen LogP contribution is 2.34. The van der Waals surface area contributed by atoms with Gasteiger partial charge in [-0.25, -0.2) is 0 Å². The highest BCUT2D eigenvalue weighted by Gasteiger charge is 2.53. The maximum atomic E-state index is 10.6. The van der Waals surface area contributed by atoms with Crippen LogP contribution >= 0.6 is 0 Å². The second-order valence-electron chi connectivity index (χ2n) is 7.26. The van der Waals surface area contributed by atoms with Crippen LogP contribution in [0.5, 0.6) is 0 Å². The van der Waals surface area contributed by atoms with E-state index in [4.69, 9.17) is 18.3 Å². The Balaban J connectivity index is 2.13. The van der Waals surface area contributed by atoms with E-state index in [1.165, 1.54) is 0 Å². The van der Waals surface area contributed by atoms with Gasteiger partial charge >= 0.3 is 0 Å². The molecule has 2 saturated heterocycles. The predicted octanol–water partition coefficient (Wildman–Crippen LogP) is 1.54. The zero-order chi connectivity index (χ0) is 14.4. The number of ether oxygens (including phenoxy) is 2. The van der Waals surface area contributed by atoms with Crippen molar-refractivity contribution in [3.63, 3.8) is 0 Å². The highest BCUT2D eigenvalue weighted by atomic mass is 28.4. The van der Waals surface area contributed by atoms with Crippen molar-refractivity contribution in [1.82, 2.24) is 0 Å². The van der Waals surface area contributed by atoms with Crippen LogP contribution < -0.4 is 0 Å². The largest absolute Gasteiger partial charge is 0.409 e. The Morgan fingerprint density at radius 3 is 2.00 bits per heavy atom. The van der Waals surface area contributed by atoms with Gasteiger partial charge in [0.2, 0.25) is 0 Å². The van der Waals surface area contributed by atoms with E-state index in [1.807, 2.05) is 0 Å². The van der Waals surface area contributed by atoms with E-state index in [1.54, 1.807) is 0 Å². The van der Waals surface area contributed by atoms with Crippen molar-refractivity contribution < 1.29 is 23.4 Å². The van der Waals surface area contributed by atoms with Crippen molar-refractivity contribution in [2.24, 2.45) is 0 Å². The number of hydrogen-bond donors (Lipinski definition) is 1. The fourth-order valence-corrected chi connectivity index (χ4v) is 4.62. The van der Waals surface area contributed by atoms with Gasteiger partial charge in [0.05, 0.1) is 6.61 Å². The Bertz CT molecular complexity index is 295. The van der Waals surface area contributed by atoms with Crippen molar-refractivity contribution in [2.45, 2.75) is 70.0 Å². The molecular formula is C12H26O5Si2. The SMILES string of the molecule is C[Si](C)(C)O[C@H]1[C@@H]2OC[C@@H](O2)[C@@H](O[Si](C)(C)C)[C@@H]1O. The number of aliphatic hydroxyl groups excluding tert-OH is 1. The molecule has 5 nitrogen and oxygen atoms in total. The lowest BCUT2D eigenvalue weighted by Gasteiger charge is -2.42. The number of aliphatic hydroxyl groups is 1. The zero-order valence-corrected chi connectivity index (χ0v) is 14.7. The van der Waals surface area contributed by atoms with Crippen molar-refractivity contribution in [2.75, 3.05) is 6.61 Å². The van der Waals surface area contributed by atoms with Gasteiger partial charge in [0.25, 0.3) is 0 Å². The lowest BCUT2D eigenvalue weighted by Crippen LogP contribution is -2.59. The average molecular weight is 307 g/mol. The monoisotopic (exact) mass is 306 g/mol. The van der Waals surface area contributed by atoms with Gasteiger partial charge < -0.3 is 23.4 Å². The van der Waals surface area contributed by atoms with Gasteiger partial charge in [-0.3, -0.25) is 0 Å². The first-order valence-corrected chi connectivity index (χ1v) is 13.7. The van der Waals surface area contributed by atoms with Crippen LogP contribution in [-0.2, 0) is 18.3 Å². The van der Waals surface area contributed by atoms with Crippen molar-refractivity contribution in [3.8, 4) is 0 Å². The van der Waals surface area contributed by atoms with Gasteiger partial charge in [0.15, 0.2) is 22.9 Å². The van der Waals surface area contributed by atoms with E-state index >= 15 is 0 Å². The maximum Gasteiger partial charge on any atom is 0.185 e. The van der Waals surface area contributed by atoms with E-state index in [-0.39, 0.29) is 12.2 Å². The molecule has 0 aromatic heterocycles. The molecule has 0 aromatic carbocycles. The molecule has 0 spiro atoms. The van der Waals surface area contributed by atoms with Crippen LogP contribution in [0.15, 0.2) is 0 Å². The summed E-state index contributed by atoms with van der Waals surface area (Å²) in [5, 5.41) is 10.6. The Morgan fingerprint density at radius 1 is 0.947 bits per heavy atom. The van der Waals surface area contributed by atoms with Gasteiger partial charge in [0.1, 0.15) is 24.4 Å². The number of fused-ring (bicyclic) bond motifs is 2. The fraction of sp³-hybridized carbons (Fsp3) is 1.00. The van der Waals surface area contributed by atoms with Crippen LogP contribution in [0, 0.1) is 0 Å². The summed E-state index contributed by atoms with van der Waals surface area (Å²) < 4.78 is 23.5. The van der Waals surface area contributed by atoms with E-state index < -0.39 is 35.1 Å². The molecule has 0 amide bonds. The van der Waals surface area contributed by atoms with Gasteiger partial charge in [-0.2, -0.15) is 0 Å². The molecule has 2 heterocycles. The molecule has 5 atom stereocenters. The lowest BCUT2D eigenvalue weighted by molar-refractivity contribution is -0.219. The molecule has 2 bridgehead atoms. The standard InChI is InChI=1S/C12H26O5Si2/c1-18(2,3)16-10-8-7-14-12(15-8)11(9(10)13)17-19(4,5)6/h8-13H,7H2,1-6H3/t8-,9+,10-,11-,12-/m1/s1. The maximum absolute atomic E-state index is 10.6. The second-order valence-corrected chi connectivity index (χ2v) is 16.2. The summed E-state index contributed by atoms with van der Waals surface area (Å²) in [4.78, 5) is 0. The summed E-state index contributed by atoms with van der Waals surface area (Å²) in [6.07, 6.45) is -2.08. The third-order valence-electron chi connectivity index (χ3n) is 3.02. The Morgan fingerprint density at radius 2 is 1.47 bits per heavy atom. The Labute approximate surface area is 117 Å². The first-order valence-electron chi connectivity index (χ1n) is 6.88. The van der Waals surface area contributed by atoms with Crippen LogP contribution in [0.4, 0.5) is 0 Å². The van der Waals surface area contributed by atoms with E-state index in [0.717, 1.165) is 0 Å². The molecule has 2 aliphatic rings. The van der Waals surface area contributed by atoms with E-state index in [9.17, 15) is 5.11 Å². The normalized spacial score (nSPS) is 39.6. The van der Waals surface area contributed by atoms with Gasteiger partial charge in [-0.1, -0.05) is 0 Å². The van der Waals surface area contributed by atoms with E-state index in [0.29, 0.717) is 6.61 Å². The summed E-state index contributed by atoms with van der Waals surface area (Å²) in [5.41, 5.74) is 0. The smallest absolute Gasteiger partial charge is 0.185 e. The lowest BCUT2D eigenvalue weighted by atomic mass is 10.0. The molecule has 0 saturated carbocycles. The van der Waals surface area contributed by atoms with Crippen molar-refractivity contribution in [3.05, 3.63) is 0 Å². The minimum absolute atomic E-state index is 0.173. The minimum atomic E-state index is -1.78. The molecule has 0 radical (unpaired) electrons. The first kappa shape index (κ1) is 15.6. The Kier molecular flexibility index (Phi) is 4.28. The Hall–Kier alpha value is 0.234. The fourth-order valence-electron chi connectivity index (χ4n) is 2.44. The minimum Gasteiger partial charge on any atom is -0.409 e. The zero-order valence-electron chi connectivity index (χ0n) is 12.7. The summed E-state index contributed by atoms with van der Waals surface area (Å²) in [5.74, 6) is 0. The van der Waals surface area contributed by atoms with Gasteiger partial charge in [0, 0.05) is 0 Å². The molecule has 112 valence electrons. The molecule has 19 heavy (non-hydrogen) atoms. The van der Waals surface area contributed by atoms with Crippen LogP contribution in [-0.4, -0.2) is 59.1 Å². The van der Waals surface area contributed by atoms with Crippen LogP contribution in [0.2, 0.25) is 39.3 Å². The summed E-state index contributed by atoms with van der Waals surface area (Å²) >= 11 is 0. The highest BCUT2D eigenvalue weighted by molar-refractivity contribution is 6.70. The number of hydrogen-bond acceptors (Lipinski definition) is 5. The molecule has 0 unspecified atom stereocenters. The molecular weight excluding hydrogens is 280 g/mol. The molecule has 0 aliphatic carbocycles. The van der Waals surface area contributed by atoms with Crippen LogP contribution in [0.3, 0.4) is 0 Å². The predicted molar refractivity (Wildman–Crippen MR) is 77.1 cm³/mol. The summed E-state index contributed by atoms with van der Waals surface area (Å²) in [6.45, 7) is 13.1.